The minimum Gasteiger partial charge on any atom is -0.496 e. The number of benzene rings is 1. The summed E-state index contributed by atoms with van der Waals surface area (Å²) >= 11 is 1.12. The monoisotopic (exact) mass is 251 g/mol. The van der Waals surface area contributed by atoms with Crippen LogP contribution < -0.4 is 15.0 Å². The van der Waals surface area contributed by atoms with Gasteiger partial charge in [-0.1, -0.05) is 11.3 Å². The molecule has 0 radical (unpaired) electrons. The van der Waals surface area contributed by atoms with Crippen molar-refractivity contribution >= 4 is 21.6 Å². The van der Waals surface area contributed by atoms with Gasteiger partial charge in [0.1, 0.15) is 11.3 Å². The number of methoxy groups -OCH3 is 1. The van der Waals surface area contributed by atoms with Crippen LogP contribution in [0.2, 0.25) is 0 Å². The second kappa shape index (κ2) is 4.16. The Labute approximate surface area is 102 Å². The molecule has 0 spiro atoms. The van der Waals surface area contributed by atoms with Gasteiger partial charge < -0.3 is 14.5 Å². The molecular formula is C12H13NO3S. The summed E-state index contributed by atoms with van der Waals surface area (Å²) < 4.78 is 11.4. The van der Waals surface area contributed by atoms with E-state index in [0.29, 0.717) is 11.5 Å². The molecule has 1 unspecified atom stereocenters. The molecule has 0 aliphatic carbocycles. The summed E-state index contributed by atoms with van der Waals surface area (Å²) in [6.45, 7) is 1.98. The zero-order chi connectivity index (χ0) is 11.8. The highest BCUT2D eigenvalue weighted by Crippen LogP contribution is 2.35. The molecule has 1 saturated heterocycles. The highest BCUT2D eigenvalue weighted by atomic mass is 32.1. The maximum absolute atomic E-state index is 11.2. The smallest absolute Gasteiger partial charge is 0.396 e. The quantitative estimate of drug-likeness (QED) is 0.886. The number of nitrogens with one attached hydrogen (secondary N) is 1. The zero-order valence-electron chi connectivity index (χ0n) is 9.49. The van der Waals surface area contributed by atoms with Crippen molar-refractivity contribution in [3.8, 4) is 5.75 Å². The summed E-state index contributed by atoms with van der Waals surface area (Å²) in [5.41, 5.74) is 1.80. The molecule has 2 heterocycles. The second-order valence-corrected chi connectivity index (χ2v) is 5.16. The SMILES string of the molecule is COc1cc2sc(=O)oc2cc1C1CCNC1. The number of rotatable bonds is 2. The van der Waals surface area contributed by atoms with Crippen LogP contribution in [0.5, 0.6) is 5.75 Å². The van der Waals surface area contributed by atoms with Crippen LogP contribution in [-0.2, 0) is 0 Å². The molecule has 1 aliphatic heterocycles. The fourth-order valence-electron chi connectivity index (χ4n) is 2.33. The Hall–Kier alpha value is -1.33. The van der Waals surface area contributed by atoms with E-state index in [1.165, 1.54) is 0 Å². The van der Waals surface area contributed by atoms with Crippen molar-refractivity contribution in [3.05, 3.63) is 27.4 Å². The lowest BCUT2D eigenvalue weighted by Crippen LogP contribution is -2.08. The third-order valence-corrected chi connectivity index (χ3v) is 3.97. The Morgan fingerprint density at radius 3 is 3.12 bits per heavy atom. The predicted octanol–water partition coefficient (Wildman–Crippen LogP) is 1.94. The lowest BCUT2D eigenvalue weighted by atomic mass is 9.97. The maximum atomic E-state index is 11.2. The van der Waals surface area contributed by atoms with Crippen LogP contribution in [0.1, 0.15) is 17.9 Å². The van der Waals surface area contributed by atoms with E-state index in [1.807, 2.05) is 12.1 Å². The Kier molecular flexibility index (Phi) is 2.64. The average molecular weight is 251 g/mol. The molecule has 4 nitrogen and oxygen atoms in total. The largest absolute Gasteiger partial charge is 0.496 e. The first-order chi connectivity index (χ1) is 8.28. The molecule has 5 heteroatoms. The van der Waals surface area contributed by atoms with Crippen LogP contribution in [0, 0.1) is 0 Å². The topological polar surface area (TPSA) is 51.5 Å². The molecule has 17 heavy (non-hydrogen) atoms. The maximum Gasteiger partial charge on any atom is 0.396 e. The van der Waals surface area contributed by atoms with E-state index in [1.54, 1.807) is 7.11 Å². The lowest BCUT2D eigenvalue weighted by Gasteiger charge is -2.13. The van der Waals surface area contributed by atoms with Crippen LogP contribution in [0.15, 0.2) is 21.3 Å². The molecule has 3 rings (SSSR count). The summed E-state index contributed by atoms with van der Waals surface area (Å²) in [5, 5.41) is 3.33. The predicted molar refractivity (Wildman–Crippen MR) is 67.1 cm³/mol. The van der Waals surface area contributed by atoms with Gasteiger partial charge in [-0.15, -0.1) is 0 Å². The van der Waals surface area contributed by atoms with Crippen molar-refractivity contribution in [2.75, 3.05) is 20.2 Å². The Balaban J connectivity index is 2.16. The van der Waals surface area contributed by atoms with E-state index in [4.69, 9.17) is 9.15 Å². The molecule has 1 atom stereocenters. The van der Waals surface area contributed by atoms with Crippen LogP contribution in [0.4, 0.5) is 0 Å². The minimum absolute atomic E-state index is 0.260. The molecule has 1 aromatic carbocycles. The molecule has 0 bridgehead atoms. The molecule has 1 aromatic heterocycles. The van der Waals surface area contributed by atoms with Crippen molar-refractivity contribution in [1.82, 2.24) is 5.32 Å². The van der Waals surface area contributed by atoms with Crippen LogP contribution >= 0.6 is 11.3 Å². The van der Waals surface area contributed by atoms with Crippen molar-refractivity contribution in [3.63, 3.8) is 0 Å². The van der Waals surface area contributed by atoms with E-state index in [0.717, 1.165) is 46.9 Å². The molecule has 1 N–H and O–H groups in total. The molecular weight excluding hydrogens is 238 g/mol. The van der Waals surface area contributed by atoms with Gasteiger partial charge in [0.25, 0.3) is 0 Å². The Bertz CT molecular complexity index is 595. The highest BCUT2D eigenvalue weighted by molar-refractivity contribution is 7.16. The summed E-state index contributed by atoms with van der Waals surface area (Å²) in [5.74, 6) is 1.29. The summed E-state index contributed by atoms with van der Waals surface area (Å²) in [6.07, 6.45) is 1.09. The van der Waals surface area contributed by atoms with Crippen LogP contribution in [-0.4, -0.2) is 20.2 Å². The molecule has 2 aromatic rings. The van der Waals surface area contributed by atoms with Crippen molar-refractivity contribution in [2.24, 2.45) is 0 Å². The average Bonchev–Trinajstić information content (AvgIpc) is 2.93. The van der Waals surface area contributed by atoms with E-state index in [2.05, 4.69) is 5.32 Å². The van der Waals surface area contributed by atoms with Crippen molar-refractivity contribution in [2.45, 2.75) is 12.3 Å². The first-order valence-electron chi connectivity index (χ1n) is 5.60. The van der Waals surface area contributed by atoms with Gasteiger partial charge in [0.15, 0.2) is 0 Å². The number of hydrogen-bond donors (Lipinski definition) is 1. The van der Waals surface area contributed by atoms with E-state index < -0.39 is 0 Å². The number of ether oxygens (including phenoxy) is 1. The fraction of sp³-hybridized carbons (Fsp3) is 0.417. The standard InChI is InChI=1S/C12H13NO3S/c1-15-9-5-11-10(16-12(14)17-11)4-8(9)7-2-3-13-6-7/h4-5,7,13H,2-3,6H2,1H3. The lowest BCUT2D eigenvalue weighted by molar-refractivity contribution is 0.407. The molecule has 0 amide bonds. The third-order valence-electron chi connectivity index (χ3n) is 3.18. The van der Waals surface area contributed by atoms with E-state index in [9.17, 15) is 4.79 Å². The normalized spacial score (nSPS) is 19.9. The Morgan fingerprint density at radius 2 is 2.41 bits per heavy atom. The van der Waals surface area contributed by atoms with E-state index >= 15 is 0 Å². The third kappa shape index (κ3) is 1.85. The summed E-state index contributed by atoms with van der Waals surface area (Å²) in [6, 6.07) is 3.85. The van der Waals surface area contributed by atoms with Crippen LogP contribution in [0.25, 0.3) is 10.3 Å². The van der Waals surface area contributed by atoms with Gasteiger partial charge in [-0.05, 0) is 19.0 Å². The zero-order valence-corrected chi connectivity index (χ0v) is 10.3. The van der Waals surface area contributed by atoms with Gasteiger partial charge in [-0.2, -0.15) is 0 Å². The fourth-order valence-corrected chi connectivity index (χ4v) is 3.01. The van der Waals surface area contributed by atoms with Gasteiger partial charge in [0.2, 0.25) is 0 Å². The second-order valence-electron chi connectivity index (χ2n) is 4.18. The van der Waals surface area contributed by atoms with Gasteiger partial charge >= 0.3 is 4.94 Å². The summed E-state index contributed by atoms with van der Waals surface area (Å²) in [7, 11) is 1.66. The highest BCUT2D eigenvalue weighted by Gasteiger charge is 2.21. The molecule has 90 valence electrons. The van der Waals surface area contributed by atoms with E-state index in [-0.39, 0.29) is 4.94 Å². The van der Waals surface area contributed by atoms with Crippen molar-refractivity contribution < 1.29 is 9.15 Å². The van der Waals surface area contributed by atoms with Crippen molar-refractivity contribution in [1.29, 1.82) is 0 Å². The molecule has 1 fully saturated rings. The first kappa shape index (κ1) is 10.8. The number of hydrogen-bond acceptors (Lipinski definition) is 5. The molecule has 1 aliphatic rings. The first-order valence-corrected chi connectivity index (χ1v) is 6.42. The Morgan fingerprint density at radius 1 is 1.53 bits per heavy atom. The summed E-state index contributed by atoms with van der Waals surface area (Å²) in [4.78, 5) is 11.0. The minimum atomic E-state index is -0.260. The van der Waals surface area contributed by atoms with Gasteiger partial charge in [-0.3, -0.25) is 0 Å². The molecule has 0 saturated carbocycles. The van der Waals surface area contributed by atoms with Gasteiger partial charge in [0, 0.05) is 24.1 Å². The van der Waals surface area contributed by atoms with Gasteiger partial charge in [0.05, 0.1) is 11.8 Å². The van der Waals surface area contributed by atoms with Gasteiger partial charge in [-0.25, -0.2) is 4.79 Å². The van der Waals surface area contributed by atoms with Crippen LogP contribution in [0.3, 0.4) is 0 Å². The number of fused-ring (bicyclic) bond motifs is 1.